The highest BCUT2D eigenvalue weighted by Crippen LogP contribution is 2.27. The molecule has 76 valence electrons. The highest BCUT2D eigenvalue weighted by Gasteiger charge is 2.33. The number of fused-ring (bicyclic) bond motifs is 2. The number of methoxy groups -OCH3 is 1. The first-order chi connectivity index (χ1) is 6.42. The molecule has 0 amide bonds. The van der Waals surface area contributed by atoms with Crippen LogP contribution in [0.15, 0.2) is 0 Å². The van der Waals surface area contributed by atoms with E-state index in [1.165, 1.54) is 32.4 Å². The average molecular weight is 184 g/mol. The van der Waals surface area contributed by atoms with Crippen molar-refractivity contribution in [3.63, 3.8) is 0 Å². The van der Waals surface area contributed by atoms with Gasteiger partial charge in [0.25, 0.3) is 0 Å². The third-order valence-electron chi connectivity index (χ3n) is 3.36. The molecule has 13 heavy (non-hydrogen) atoms. The highest BCUT2D eigenvalue weighted by atomic mass is 16.5. The molecule has 2 heterocycles. The summed E-state index contributed by atoms with van der Waals surface area (Å²) in [7, 11) is 1.79. The summed E-state index contributed by atoms with van der Waals surface area (Å²) in [5.41, 5.74) is 0. The second-order valence-electron chi connectivity index (χ2n) is 4.11. The number of nitrogens with zero attached hydrogens (tertiary/aromatic N) is 1. The molecule has 0 radical (unpaired) electrons. The molecule has 0 aromatic carbocycles. The van der Waals surface area contributed by atoms with Gasteiger partial charge in [-0.2, -0.15) is 0 Å². The predicted octanol–water partition coefficient (Wildman–Crippen LogP) is 0.459. The van der Waals surface area contributed by atoms with E-state index in [1.54, 1.807) is 7.11 Å². The molecule has 0 spiro atoms. The smallest absolute Gasteiger partial charge is 0.0589 e. The Morgan fingerprint density at radius 2 is 2.15 bits per heavy atom. The van der Waals surface area contributed by atoms with Crippen LogP contribution in [-0.4, -0.2) is 50.3 Å². The summed E-state index contributed by atoms with van der Waals surface area (Å²) in [6.07, 6.45) is 4.09. The number of hydrogen-bond donors (Lipinski definition) is 1. The van der Waals surface area contributed by atoms with Gasteiger partial charge in [0.1, 0.15) is 0 Å². The Morgan fingerprint density at radius 1 is 1.31 bits per heavy atom. The largest absolute Gasteiger partial charge is 0.383 e. The van der Waals surface area contributed by atoms with Gasteiger partial charge in [0.05, 0.1) is 6.61 Å². The number of ether oxygens (including phenoxy) is 1. The lowest BCUT2D eigenvalue weighted by molar-refractivity contribution is 0.121. The normalized spacial score (nSPS) is 34.8. The Labute approximate surface area is 80.4 Å². The molecule has 0 saturated carbocycles. The molecular formula is C10H20N2O. The van der Waals surface area contributed by atoms with Crippen LogP contribution >= 0.6 is 0 Å². The molecule has 0 aromatic rings. The van der Waals surface area contributed by atoms with Crippen LogP contribution in [0.5, 0.6) is 0 Å². The second-order valence-corrected chi connectivity index (χ2v) is 4.11. The van der Waals surface area contributed by atoms with E-state index in [0.29, 0.717) is 0 Å². The van der Waals surface area contributed by atoms with Gasteiger partial charge in [0, 0.05) is 32.3 Å². The van der Waals surface area contributed by atoms with Crippen LogP contribution in [0, 0.1) is 0 Å². The maximum Gasteiger partial charge on any atom is 0.0589 e. The minimum atomic E-state index is 0.780. The Morgan fingerprint density at radius 3 is 3.00 bits per heavy atom. The molecule has 2 atom stereocenters. The first-order valence-corrected chi connectivity index (χ1v) is 5.37. The van der Waals surface area contributed by atoms with E-state index < -0.39 is 0 Å². The first kappa shape index (κ1) is 9.44. The molecule has 2 aliphatic rings. The molecule has 2 unspecified atom stereocenters. The van der Waals surface area contributed by atoms with Gasteiger partial charge in [-0.25, -0.2) is 0 Å². The zero-order chi connectivity index (χ0) is 9.10. The molecule has 0 aliphatic carbocycles. The number of nitrogens with one attached hydrogen (secondary N) is 1. The van der Waals surface area contributed by atoms with Crippen LogP contribution in [0.4, 0.5) is 0 Å². The van der Waals surface area contributed by atoms with Gasteiger partial charge in [-0.15, -0.1) is 0 Å². The van der Waals surface area contributed by atoms with Crippen molar-refractivity contribution in [2.24, 2.45) is 0 Å². The molecule has 2 fully saturated rings. The zero-order valence-corrected chi connectivity index (χ0v) is 8.46. The van der Waals surface area contributed by atoms with Gasteiger partial charge in [-0.05, 0) is 25.8 Å². The van der Waals surface area contributed by atoms with E-state index in [2.05, 4.69) is 10.2 Å². The van der Waals surface area contributed by atoms with Crippen molar-refractivity contribution in [3.8, 4) is 0 Å². The van der Waals surface area contributed by atoms with Crippen LogP contribution < -0.4 is 5.32 Å². The summed E-state index contributed by atoms with van der Waals surface area (Å²) in [6.45, 7) is 4.38. The topological polar surface area (TPSA) is 24.5 Å². The third-order valence-corrected chi connectivity index (χ3v) is 3.36. The molecule has 3 heteroatoms. The Hall–Kier alpha value is -0.120. The van der Waals surface area contributed by atoms with Crippen LogP contribution in [0.25, 0.3) is 0 Å². The molecule has 2 saturated heterocycles. The predicted molar refractivity (Wildman–Crippen MR) is 52.9 cm³/mol. The lowest BCUT2D eigenvalue weighted by Crippen LogP contribution is -2.39. The SMILES string of the molecule is COCCN1C2CCNCC1CC2. The maximum atomic E-state index is 5.15. The minimum absolute atomic E-state index is 0.780. The van der Waals surface area contributed by atoms with E-state index in [0.717, 1.165) is 25.2 Å². The quantitative estimate of drug-likeness (QED) is 0.689. The van der Waals surface area contributed by atoms with Crippen molar-refractivity contribution in [3.05, 3.63) is 0 Å². The van der Waals surface area contributed by atoms with E-state index in [4.69, 9.17) is 4.74 Å². The molecule has 2 bridgehead atoms. The number of rotatable bonds is 3. The van der Waals surface area contributed by atoms with E-state index in [9.17, 15) is 0 Å². The summed E-state index contributed by atoms with van der Waals surface area (Å²) in [6, 6.07) is 1.61. The molecule has 3 nitrogen and oxygen atoms in total. The first-order valence-electron chi connectivity index (χ1n) is 5.37. The van der Waals surface area contributed by atoms with Crippen molar-refractivity contribution in [1.29, 1.82) is 0 Å². The van der Waals surface area contributed by atoms with Crippen molar-refractivity contribution in [1.82, 2.24) is 10.2 Å². The molecule has 1 N–H and O–H groups in total. The van der Waals surface area contributed by atoms with Gasteiger partial charge >= 0.3 is 0 Å². The van der Waals surface area contributed by atoms with Crippen molar-refractivity contribution in [2.45, 2.75) is 31.3 Å². The molecule has 0 aromatic heterocycles. The standard InChI is InChI=1S/C10H20N2O/c1-13-7-6-12-9-2-3-10(12)8-11-5-4-9/h9-11H,2-8H2,1H3. The van der Waals surface area contributed by atoms with Crippen LogP contribution in [0.3, 0.4) is 0 Å². The van der Waals surface area contributed by atoms with Gasteiger partial charge in [0.15, 0.2) is 0 Å². The molecular weight excluding hydrogens is 164 g/mol. The Kier molecular flexibility index (Phi) is 3.19. The van der Waals surface area contributed by atoms with Gasteiger partial charge in [-0.1, -0.05) is 0 Å². The fourth-order valence-electron chi connectivity index (χ4n) is 2.64. The zero-order valence-electron chi connectivity index (χ0n) is 8.46. The lowest BCUT2D eigenvalue weighted by atomic mass is 10.1. The van der Waals surface area contributed by atoms with Crippen molar-refractivity contribution < 1.29 is 4.74 Å². The van der Waals surface area contributed by atoms with Crippen LogP contribution in [0.2, 0.25) is 0 Å². The minimum Gasteiger partial charge on any atom is -0.383 e. The Bertz CT molecular complexity index is 149. The summed E-state index contributed by atoms with van der Waals surface area (Å²) in [4.78, 5) is 2.64. The summed E-state index contributed by atoms with van der Waals surface area (Å²) in [5.74, 6) is 0. The van der Waals surface area contributed by atoms with E-state index in [-0.39, 0.29) is 0 Å². The summed E-state index contributed by atoms with van der Waals surface area (Å²) in [5, 5.41) is 3.50. The summed E-state index contributed by atoms with van der Waals surface area (Å²) >= 11 is 0. The maximum absolute atomic E-state index is 5.15. The molecule has 2 aliphatic heterocycles. The third kappa shape index (κ3) is 2.03. The Balaban J connectivity index is 1.91. The summed E-state index contributed by atoms with van der Waals surface area (Å²) < 4.78 is 5.15. The number of hydrogen-bond acceptors (Lipinski definition) is 3. The monoisotopic (exact) mass is 184 g/mol. The fourth-order valence-corrected chi connectivity index (χ4v) is 2.64. The van der Waals surface area contributed by atoms with Crippen LogP contribution in [0.1, 0.15) is 19.3 Å². The van der Waals surface area contributed by atoms with Crippen molar-refractivity contribution >= 4 is 0 Å². The van der Waals surface area contributed by atoms with Crippen molar-refractivity contribution in [2.75, 3.05) is 33.4 Å². The van der Waals surface area contributed by atoms with Gasteiger partial charge < -0.3 is 10.1 Å². The van der Waals surface area contributed by atoms with E-state index in [1.807, 2.05) is 0 Å². The average Bonchev–Trinajstić information content (AvgIpc) is 2.36. The van der Waals surface area contributed by atoms with Gasteiger partial charge in [-0.3, -0.25) is 4.90 Å². The molecule has 2 rings (SSSR count). The second kappa shape index (κ2) is 4.40. The highest BCUT2D eigenvalue weighted by molar-refractivity contribution is 4.91. The van der Waals surface area contributed by atoms with E-state index >= 15 is 0 Å². The lowest BCUT2D eigenvalue weighted by Gasteiger charge is -2.26. The van der Waals surface area contributed by atoms with Crippen LogP contribution in [-0.2, 0) is 4.74 Å². The fraction of sp³-hybridized carbons (Fsp3) is 1.00. The van der Waals surface area contributed by atoms with Gasteiger partial charge in [0.2, 0.25) is 0 Å².